The molecule has 35 heavy (non-hydrogen) atoms. The smallest absolute Gasteiger partial charge is 0.434 e. The number of amides is 1. The van der Waals surface area contributed by atoms with Gasteiger partial charge in [-0.1, -0.05) is 5.16 Å². The quantitative estimate of drug-likeness (QED) is 0.360. The molecule has 182 valence electrons. The number of benzene rings is 2. The summed E-state index contributed by atoms with van der Waals surface area (Å²) in [5, 5.41) is 4.31. The summed E-state index contributed by atoms with van der Waals surface area (Å²) in [4.78, 5) is 25.1. The van der Waals surface area contributed by atoms with Crippen LogP contribution in [0.25, 0.3) is 11.4 Å². The zero-order valence-electron chi connectivity index (χ0n) is 19.7. The molecule has 1 aliphatic rings. The summed E-state index contributed by atoms with van der Waals surface area (Å²) in [5.41, 5.74) is 2.50. The van der Waals surface area contributed by atoms with E-state index in [1.165, 1.54) is 18.9 Å². The molecule has 1 aromatic heterocycles. The van der Waals surface area contributed by atoms with Crippen LogP contribution in [-0.2, 0) is 4.74 Å². The number of carbonyl (C=O) groups is 1. The molecular formula is C24H24N4O6S. The highest BCUT2D eigenvalue weighted by molar-refractivity contribution is 8.15. The number of nitrogens with zero attached hydrogens (tertiary/aromatic N) is 4. The third-order valence-electron chi connectivity index (χ3n) is 4.96. The van der Waals surface area contributed by atoms with Gasteiger partial charge in [-0.3, -0.25) is 0 Å². The van der Waals surface area contributed by atoms with Gasteiger partial charge in [-0.05, 0) is 42.7 Å². The van der Waals surface area contributed by atoms with Gasteiger partial charge in [0.15, 0.2) is 11.5 Å². The largest absolute Gasteiger partial charge is 0.493 e. The Bertz CT molecular complexity index is 1270. The molecule has 4 rings (SSSR count). The van der Waals surface area contributed by atoms with E-state index < -0.39 is 6.09 Å². The number of methoxy groups -OCH3 is 2. The second-order valence-electron chi connectivity index (χ2n) is 7.29. The van der Waals surface area contributed by atoms with Crippen LogP contribution in [0.1, 0.15) is 17.9 Å². The van der Waals surface area contributed by atoms with Gasteiger partial charge in [0.05, 0.1) is 33.1 Å². The monoisotopic (exact) mass is 496 g/mol. The first kappa shape index (κ1) is 24.3. The number of aryl methyl sites for hydroxylation is 1. The van der Waals surface area contributed by atoms with Gasteiger partial charge in [-0.2, -0.15) is 9.98 Å². The maximum absolute atomic E-state index is 12.0. The molecule has 0 N–H and O–H groups in total. The van der Waals surface area contributed by atoms with Crippen LogP contribution >= 0.6 is 11.8 Å². The van der Waals surface area contributed by atoms with Crippen LogP contribution in [0.4, 0.5) is 10.5 Å². The van der Waals surface area contributed by atoms with Gasteiger partial charge in [0.25, 0.3) is 0 Å². The second kappa shape index (κ2) is 11.0. The van der Waals surface area contributed by atoms with Crippen molar-refractivity contribution in [1.29, 1.82) is 0 Å². The van der Waals surface area contributed by atoms with E-state index in [1.54, 1.807) is 26.4 Å². The Morgan fingerprint density at radius 2 is 1.89 bits per heavy atom. The number of ether oxygens (including phenoxy) is 4. The van der Waals surface area contributed by atoms with E-state index in [2.05, 4.69) is 15.1 Å². The van der Waals surface area contributed by atoms with Gasteiger partial charge < -0.3 is 23.5 Å². The van der Waals surface area contributed by atoms with Crippen molar-refractivity contribution in [3.05, 3.63) is 47.9 Å². The van der Waals surface area contributed by atoms with E-state index >= 15 is 0 Å². The van der Waals surface area contributed by atoms with Crippen LogP contribution < -0.4 is 14.2 Å². The molecule has 0 saturated carbocycles. The molecule has 0 radical (unpaired) electrons. The van der Waals surface area contributed by atoms with Gasteiger partial charge in [0.1, 0.15) is 10.8 Å². The average molecular weight is 497 g/mol. The lowest BCUT2D eigenvalue weighted by Gasteiger charge is -2.15. The highest BCUT2D eigenvalue weighted by Gasteiger charge is 2.22. The maximum atomic E-state index is 12.0. The Labute approximate surface area is 206 Å². The molecule has 0 bridgehead atoms. The molecule has 0 fully saturated rings. The predicted molar refractivity (Wildman–Crippen MR) is 133 cm³/mol. The Kier molecular flexibility index (Phi) is 7.66. The van der Waals surface area contributed by atoms with Gasteiger partial charge in [-0.15, -0.1) is 11.8 Å². The van der Waals surface area contributed by atoms with Crippen LogP contribution in [0.3, 0.4) is 0 Å². The van der Waals surface area contributed by atoms with E-state index in [9.17, 15) is 4.79 Å². The molecule has 0 aliphatic carbocycles. The molecule has 0 spiro atoms. The fourth-order valence-corrected chi connectivity index (χ4v) is 3.84. The lowest BCUT2D eigenvalue weighted by atomic mass is 10.1. The number of thioether (sulfide) groups is 1. The molecule has 0 saturated heterocycles. The van der Waals surface area contributed by atoms with Crippen LogP contribution in [0, 0.1) is 6.92 Å². The zero-order chi connectivity index (χ0) is 24.8. The van der Waals surface area contributed by atoms with Crippen LogP contribution in [0.15, 0.2) is 50.9 Å². The molecule has 10 nitrogen and oxygen atoms in total. The first-order valence-corrected chi connectivity index (χ1v) is 11.9. The minimum Gasteiger partial charge on any atom is -0.493 e. The maximum Gasteiger partial charge on any atom is 0.434 e. The minimum absolute atomic E-state index is 0.367. The number of aliphatic imine (C=N–C) groups is 2. The third kappa shape index (κ3) is 5.62. The van der Waals surface area contributed by atoms with E-state index in [1.807, 2.05) is 30.3 Å². The van der Waals surface area contributed by atoms with E-state index in [0.29, 0.717) is 64.2 Å². The summed E-state index contributed by atoms with van der Waals surface area (Å²) in [6, 6.07) is 10.9. The normalized spacial score (nSPS) is 13.8. The van der Waals surface area contributed by atoms with Crippen molar-refractivity contribution in [2.45, 2.75) is 13.3 Å². The van der Waals surface area contributed by atoms with Crippen molar-refractivity contribution in [2.24, 2.45) is 9.98 Å². The molecule has 3 aromatic rings. The number of rotatable bonds is 5. The lowest BCUT2D eigenvalue weighted by Crippen LogP contribution is -2.15. The number of fused-ring (bicyclic) bond motifs is 1. The summed E-state index contributed by atoms with van der Waals surface area (Å²) in [5.74, 6) is 2.53. The minimum atomic E-state index is -0.730. The Hall–Kier alpha value is -3.86. The fourth-order valence-electron chi connectivity index (χ4n) is 3.32. The highest BCUT2D eigenvalue weighted by Crippen LogP contribution is 2.40. The number of carbonyl (C=O) groups excluding carboxylic acids is 1. The van der Waals surface area contributed by atoms with Crippen molar-refractivity contribution in [3.63, 3.8) is 0 Å². The molecular weight excluding hydrogens is 472 g/mol. The van der Waals surface area contributed by atoms with E-state index in [4.69, 9.17) is 28.5 Å². The van der Waals surface area contributed by atoms with Gasteiger partial charge in [0, 0.05) is 24.5 Å². The molecule has 1 aliphatic heterocycles. The summed E-state index contributed by atoms with van der Waals surface area (Å²) in [7, 11) is 2.83. The van der Waals surface area contributed by atoms with Gasteiger partial charge in [0.2, 0.25) is 17.5 Å². The topological polar surface area (TPSA) is 118 Å². The van der Waals surface area contributed by atoms with Crippen LogP contribution in [0.2, 0.25) is 0 Å². The first-order valence-electron chi connectivity index (χ1n) is 10.7. The summed E-state index contributed by atoms with van der Waals surface area (Å²) >= 11 is 1.27. The van der Waals surface area contributed by atoms with Crippen LogP contribution in [0.5, 0.6) is 17.2 Å². The molecule has 2 aromatic carbocycles. The Balaban J connectivity index is 1.82. The van der Waals surface area contributed by atoms with E-state index in [-0.39, 0.29) is 0 Å². The fraction of sp³-hybridized carbons (Fsp3) is 0.292. The van der Waals surface area contributed by atoms with Crippen molar-refractivity contribution in [3.8, 4) is 28.6 Å². The Morgan fingerprint density at radius 1 is 1.11 bits per heavy atom. The van der Waals surface area contributed by atoms with Crippen molar-refractivity contribution in [1.82, 2.24) is 10.1 Å². The van der Waals surface area contributed by atoms with Crippen LogP contribution in [-0.4, -0.2) is 60.7 Å². The van der Waals surface area contributed by atoms with Crippen molar-refractivity contribution < 1.29 is 28.3 Å². The summed E-state index contributed by atoms with van der Waals surface area (Å²) in [6.45, 7) is 2.76. The predicted octanol–water partition coefficient (Wildman–Crippen LogP) is 4.86. The average Bonchev–Trinajstić information content (AvgIpc) is 3.17. The molecule has 0 unspecified atom stereocenters. The molecule has 1 amide bonds. The van der Waals surface area contributed by atoms with Gasteiger partial charge in [-0.25, -0.2) is 9.79 Å². The number of aromatic nitrogens is 2. The van der Waals surface area contributed by atoms with E-state index in [0.717, 1.165) is 12.0 Å². The third-order valence-corrected chi connectivity index (χ3v) is 5.64. The number of hydrogen-bond acceptors (Lipinski definition) is 10. The summed E-state index contributed by atoms with van der Waals surface area (Å²) < 4.78 is 27.1. The van der Waals surface area contributed by atoms with Gasteiger partial charge >= 0.3 is 6.09 Å². The lowest BCUT2D eigenvalue weighted by molar-refractivity contribution is 0.183. The number of hydrogen-bond donors (Lipinski definition) is 0. The first-order chi connectivity index (χ1) is 17.0. The van der Waals surface area contributed by atoms with Crippen molar-refractivity contribution >= 4 is 34.3 Å². The Morgan fingerprint density at radius 3 is 2.54 bits per heavy atom. The standard InChI is InChI=1S/C24H24N4O6S/c1-14-25-22(28-34-14)15-6-8-17(9-7-15)26-20(23(35-4)27-24(29)31-3)16-12-18(30-2)21-19(13-16)32-10-5-11-33-21/h6-9,12-13H,5,10-11H2,1-4H3/b26-20-,27-23-. The highest BCUT2D eigenvalue weighted by atomic mass is 32.2. The van der Waals surface area contributed by atoms with Crippen molar-refractivity contribution in [2.75, 3.05) is 33.7 Å². The SMILES string of the molecule is COC(=O)/N=C(SC)/C(=N\c1ccc(-c2noc(C)n2)cc1)c1cc(OC)c2c(c1)OCCCO2. The molecule has 0 atom stereocenters. The molecule has 2 heterocycles. The summed E-state index contributed by atoms with van der Waals surface area (Å²) in [6.07, 6.45) is 1.82. The second-order valence-corrected chi connectivity index (χ2v) is 8.09. The zero-order valence-corrected chi connectivity index (χ0v) is 20.5. The molecule has 11 heteroatoms.